The third kappa shape index (κ3) is 5.03. The van der Waals surface area contributed by atoms with Crippen LogP contribution in [-0.2, 0) is 9.59 Å². The zero-order chi connectivity index (χ0) is 22.8. The SMILES string of the molecule is CN(C)C=C(C(=O)C1CCN(C(=O)O)CC1)C(=O)N1CC(c2ccccc2)C(F)(F)C1. The van der Waals surface area contributed by atoms with Gasteiger partial charge in [0.25, 0.3) is 11.8 Å². The van der Waals surface area contributed by atoms with E-state index in [1.165, 1.54) is 11.1 Å². The van der Waals surface area contributed by atoms with Crippen molar-refractivity contribution in [3.8, 4) is 0 Å². The van der Waals surface area contributed by atoms with Gasteiger partial charge in [0.1, 0.15) is 0 Å². The zero-order valence-electron chi connectivity index (χ0n) is 17.6. The number of nitrogens with zero attached hydrogens (tertiary/aromatic N) is 3. The Morgan fingerprint density at radius 1 is 1.10 bits per heavy atom. The number of likely N-dealkylation sites (tertiary alicyclic amines) is 2. The smallest absolute Gasteiger partial charge is 0.407 e. The fourth-order valence-electron chi connectivity index (χ4n) is 4.18. The number of Topliss-reactive ketones (excluding diaryl/α,β-unsaturated/α-hetero) is 1. The molecule has 2 heterocycles. The molecule has 3 rings (SSSR count). The number of hydrogen-bond acceptors (Lipinski definition) is 4. The first-order valence-electron chi connectivity index (χ1n) is 10.2. The van der Waals surface area contributed by atoms with E-state index in [2.05, 4.69) is 0 Å². The molecule has 0 aliphatic carbocycles. The third-order valence-corrected chi connectivity index (χ3v) is 5.82. The largest absolute Gasteiger partial charge is 0.465 e. The highest BCUT2D eigenvalue weighted by atomic mass is 19.3. The Bertz CT molecular complexity index is 865. The van der Waals surface area contributed by atoms with Crippen LogP contribution in [0.3, 0.4) is 0 Å². The van der Waals surface area contributed by atoms with Gasteiger partial charge in [0.05, 0.1) is 18.0 Å². The third-order valence-electron chi connectivity index (χ3n) is 5.82. The van der Waals surface area contributed by atoms with Crippen LogP contribution in [0.25, 0.3) is 0 Å². The van der Waals surface area contributed by atoms with E-state index >= 15 is 0 Å². The first kappa shape index (κ1) is 22.7. The number of alkyl halides is 2. The van der Waals surface area contributed by atoms with Crippen molar-refractivity contribution < 1.29 is 28.3 Å². The maximum atomic E-state index is 14.7. The van der Waals surface area contributed by atoms with Gasteiger partial charge in [-0.3, -0.25) is 9.59 Å². The first-order valence-corrected chi connectivity index (χ1v) is 10.2. The van der Waals surface area contributed by atoms with Crippen molar-refractivity contribution in [2.75, 3.05) is 40.3 Å². The molecule has 1 atom stereocenters. The molecular formula is C22H27F2N3O4. The Morgan fingerprint density at radius 3 is 2.26 bits per heavy atom. The molecule has 0 spiro atoms. The highest BCUT2D eigenvalue weighted by Crippen LogP contribution is 2.40. The lowest BCUT2D eigenvalue weighted by atomic mass is 9.88. The number of hydrogen-bond donors (Lipinski definition) is 1. The van der Waals surface area contributed by atoms with E-state index in [0.29, 0.717) is 18.4 Å². The molecule has 2 saturated heterocycles. The summed E-state index contributed by atoms with van der Waals surface area (Å²) in [4.78, 5) is 41.2. The van der Waals surface area contributed by atoms with E-state index in [4.69, 9.17) is 5.11 Å². The summed E-state index contributed by atoms with van der Waals surface area (Å²) in [6, 6.07) is 8.33. The molecule has 2 amide bonds. The fourth-order valence-corrected chi connectivity index (χ4v) is 4.18. The summed E-state index contributed by atoms with van der Waals surface area (Å²) in [5.41, 5.74) is 0.316. The monoisotopic (exact) mass is 435 g/mol. The zero-order valence-corrected chi connectivity index (χ0v) is 17.6. The molecule has 0 bridgehead atoms. The van der Waals surface area contributed by atoms with Crippen molar-refractivity contribution in [2.24, 2.45) is 5.92 Å². The average Bonchev–Trinajstić information content (AvgIpc) is 3.06. The summed E-state index contributed by atoms with van der Waals surface area (Å²) in [6.45, 7) is -0.521. The Labute approximate surface area is 179 Å². The summed E-state index contributed by atoms with van der Waals surface area (Å²) < 4.78 is 29.5. The number of carbonyl (C=O) groups is 3. The second-order valence-corrected chi connectivity index (χ2v) is 8.32. The number of piperidine rings is 1. The van der Waals surface area contributed by atoms with Gasteiger partial charge in [0, 0.05) is 45.8 Å². The Kier molecular flexibility index (Phi) is 6.62. The lowest BCUT2D eigenvalue weighted by Gasteiger charge is -2.30. The molecule has 0 radical (unpaired) electrons. The summed E-state index contributed by atoms with van der Waals surface area (Å²) in [5.74, 6) is -5.88. The summed E-state index contributed by atoms with van der Waals surface area (Å²) >= 11 is 0. The number of carbonyl (C=O) groups excluding carboxylic acids is 2. The van der Waals surface area contributed by atoms with Gasteiger partial charge in [0.2, 0.25) is 0 Å². The molecule has 2 fully saturated rings. The lowest BCUT2D eigenvalue weighted by Crippen LogP contribution is -2.42. The van der Waals surface area contributed by atoms with Crippen LogP contribution in [0.4, 0.5) is 13.6 Å². The maximum Gasteiger partial charge on any atom is 0.407 e. The van der Waals surface area contributed by atoms with Gasteiger partial charge in [-0.05, 0) is 18.4 Å². The van der Waals surface area contributed by atoms with Crippen molar-refractivity contribution in [2.45, 2.75) is 24.7 Å². The number of ketones is 1. The molecule has 7 nitrogen and oxygen atoms in total. The molecule has 31 heavy (non-hydrogen) atoms. The van der Waals surface area contributed by atoms with Crippen molar-refractivity contribution in [1.29, 1.82) is 0 Å². The molecule has 0 aromatic heterocycles. The van der Waals surface area contributed by atoms with Gasteiger partial charge in [-0.25, -0.2) is 13.6 Å². The minimum absolute atomic E-state index is 0.136. The van der Waals surface area contributed by atoms with Crippen LogP contribution in [0.5, 0.6) is 0 Å². The molecule has 1 N–H and O–H groups in total. The maximum absolute atomic E-state index is 14.7. The molecular weight excluding hydrogens is 408 g/mol. The van der Waals surface area contributed by atoms with Crippen LogP contribution in [0.15, 0.2) is 42.1 Å². The Morgan fingerprint density at radius 2 is 1.71 bits per heavy atom. The Hall–Kier alpha value is -2.97. The van der Waals surface area contributed by atoms with Crippen LogP contribution in [0.1, 0.15) is 24.3 Å². The van der Waals surface area contributed by atoms with Gasteiger partial charge in [-0.15, -0.1) is 0 Å². The quantitative estimate of drug-likeness (QED) is 0.437. The van der Waals surface area contributed by atoms with Crippen LogP contribution in [-0.4, -0.2) is 83.8 Å². The number of amides is 2. The molecule has 1 unspecified atom stereocenters. The second kappa shape index (κ2) is 9.03. The standard InChI is InChI=1S/C22H27F2N3O4/c1-25(2)12-17(19(28)16-8-10-26(11-9-16)21(30)31)20(29)27-13-18(22(23,24)14-27)15-6-4-3-5-7-15/h3-7,12,16,18H,8-11,13-14H2,1-2H3,(H,30,31). The number of benzene rings is 1. The molecule has 0 saturated carbocycles. The second-order valence-electron chi connectivity index (χ2n) is 8.32. The average molecular weight is 435 g/mol. The minimum Gasteiger partial charge on any atom is -0.465 e. The molecule has 1 aromatic carbocycles. The van der Waals surface area contributed by atoms with Gasteiger partial charge >= 0.3 is 6.09 Å². The fraction of sp³-hybridized carbons (Fsp3) is 0.500. The van der Waals surface area contributed by atoms with Gasteiger partial charge in [-0.2, -0.15) is 0 Å². The lowest BCUT2D eigenvalue weighted by molar-refractivity contribution is -0.131. The van der Waals surface area contributed by atoms with E-state index in [9.17, 15) is 23.2 Å². The van der Waals surface area contributed by atoms with E-state index in [0.717, 1.165) is 4.90 Å². The number of rotatable bonds is 5. The van der Waals surface area contributed by atoms with Crippen LogP contribution >= 0.6 is 0 Å². The highest BCUT2D eigenvalue weighted by molar-refractivity contribution is 6.20. The predicted octanol–water partition coefficient (Wildman–Crippen LogP) is 2.65. The van der Waals surface area contributed by atoms with Crippen molar-refractivity contribution in [1.82, 2.24) is 14.7 Å². The molecule has 2 aliphatic heterocycles. The number of halogens is 2. The van der Waals surface area contributed by atoms with Crippen molar-refractivity contribution in [3.63, 3.8) is 0 Å². The van der Waals surface area contributed by atoms with Crippen molar-refractivity contribution >= 4 is 17.8 Å². The number of carboxylic acid groups (broad SMARTS) is 1. The Balaban J connectivity index is 1.78. The normalized spacial score (nSPS) is 21.8. The van der Waals surface area contributed by atoms with E-state index in [1.54, 1.807) is 49.3 Å². The summed E-state index contributed by atoms with van der Waals surface area (Å²) in [6.07, 6.45) is 0.928. The molecule has 168 valence electrons. The van der Waals surface area contributed by atoms with Crippen LogP contribution in [0, 0.1) is 5.92 Å². The van der Waals surface area contributed by atoms with E-state index in [1.807, 2.05) is 0 Å². The van der Waals surface area contributed by atoms with Crippen LogP contribution in [0.2, 0.25) is 0 Å². The van der Waals surface area contributed by atoms with E-state index < -0.39 is 42.1 Å². The van der Waals surface area contributed by atoms with Gasteiger partial charge in [-0.1, -0.05) is 30.3 Å². The van der Waals surface area contributed by atoms with Gasteiger partial charge in [0.15, 0.2) is 5.78 Å². The molecule has 2 aliphatic rings. The molecule has 9 heteroatoms. The highest BCUT2D eigenvalue weighted by Gasteiger charge is 2.51. The first-order chi connectivity index (χ1) is 14.6. The minimum atomic E-state index is -3.10. The van der Waals surface area contributed by atoms with Crippen molar-refractivity contribution in [3.05, 3.63) is 47.7 Å². The summed E-state index contributed by atoms with van der Waals surface area (Å²) in [5, 5.41) is 9.08. The molecule has 1 aromatic rings. The van der Waals surface area contributed by atoms with Crippen LogP contribution < -0.4 is 0 Å². The predicted molar refractivity (Wildman–Crippen MR) is 110 cm³/mol. The summed E-state index contributed by atoms with van der Waals surface area (Å²) in [7, 11) is 3.30. The van der Waals surface area contributed by atoms with E-state index in [-0.39, 0.29) is 25.2 Å². The van der Waals surface area contributed by atoms with Gasteiger partial charge < -0.3 is 19.8 Å². The topological polar surface area (TPSA) is 81.2 Å².